The van der Waals surface area contributed by atoms with E-state index in [0.29, 0.717) is 18.1 Å². The number of aromatic nitrogens is 1. The molecule has 0 atom stereocenters. The largest absolute Gasteiger partial charge is 0.494 e. The maximum atomic E-state index is 12.0. The first-order chi connectivity index (χ1) is 9.19. The van der Waals surface area contributed by atoms with Crippen molar-refractivity contribution in [1.29, 1.82) is 0 Å². The molecule has 0 bridgehead atoms. The number of hydrogen-bond acceptors (Lipinski definition) is 3. The van der Waals surface area contributed by atoms with Crippen LogP contribution >= 0.6 is 0 Å². The summed E-state index contributed by atoms with van der Waals surface area (Å²) in [7, 11) is 3.38. The Kier molecular flexibility index (Phi) is 3.90. The Bertz CT molecular complexity index is 573. The first-order valence-corrected chi connectivity index (χ1v) is 6.15. The summed E-state index contributed by atoms with van der Waals surface area (Å²) in [5.74, 6) is 0.156. The summed E-state index contributed by atoms with van der Waals surface area (Å²) in [6.07, 6.45) is 0. The molecule has 0 amide bonds. The van der Waals surface area contributed by atoms with E-state index in [4.69, 9.17) is 9.47 Å². The van der Waals surface area contributed by atoms with Gasteiger partial charge in [0.25, 0.3) is 0 Å². The normalized spacial score (nSPS) is 10.3. The van der Waals surface area contributed by atoms with Gasteiger partial charge in [-0.25, -0.2) is 4.79 Å². The minimum absolute atomic E-state index is 0.341. The smallest absolute Gasteiger partial charge is 0.358 e. The first kappa shape index (κ1) is 13.2. The van der Waals surface area contributed by atoms with Gasteiger partial charge in [0.1, 0.15) is 0 Å². The predicted molar refractivity (Wildman–Crippen MR) is 73.4 cm³/mol. The first-order valence-electron chi connectivity index (χ1n) is 6.15. The van der Waals surface area contributed by atoms with Gasteiger partial charge >= 0.3 is 5.97 Å². The van der Waals surface area contributed by atoms with Gasteiger partial charge in [0.2, 0.25) is 0 Å². The zero-order valence-electron chi connectivity index (χ0n) is 11.3. The average Bonchev–Trinajstić information content (AvgIpc) is 2.77. The second-order valence-corrected chi connectivity index (χ2v) is 4.09. The van der Waals surface area contributed by atoms with E-state index in [1.807, 2.05) is 43.4 Å². The molecule has 0 N–H and O–H groups in total. The number of methoxy groups -OCH3 is 1. The minimum Gasteiger partial charge on any atom is -0.494 e. The molecule has 1 heterocycles. The standard InChI is InChI=1S/C15H17NO3/c1-4-19-15(17)14-13(18-3)10-12(16(14)2)11-8-6-5-7-9-11/h5-10H,4H2,1-3H3. The van der Waals surface area contributed by atoms with Gasteiger partial charge in [0, 0.05) is 13.1 Å². The molecule has 0 spiro atoms. The highest BCUT2D eigenvalue weighted by atomic mass is 16.5. The molecule has 4 heteroatoms. The van der Waals surface area contributed by atoms with E-state index in [1.165, 1.54) is 0 Å². The summed E-state index contributed by atoms with van der Waals surface area (Å²) >= 11 is 0. The van der Waals surface area contributed by atoms with Crippen LogP contribution in [0.5, 0.6) is 5.75 Å². The molecule has 0 aliphatic carbocycles. The molecule has 100 valence electrons. The van der Waals surface area contributed by atoms with Crippen LogP contribution in [0.1, 0.15) is 17.4 Å². The molecule has 2 rings (SSSR count). The van der Waals surface area contributed by atoms with Crippen LogP contribution in [0, 0.1) is 0 Å². The summed E-state index contributed by atoms with van der Waals surface area (Å²) in [6, 6.07) is 11.7. The lowest BCUT2D eigenvalue weighted by Gasteiger charge is -2.07. The highest BCUT2D eigenvalue weighted by Crippen LogP contribution is 2.30. The van der Waals surface area contributed by atoms with E-state index in [0.717, 1.165) is 11.3 Å². The third kappa shape index (κ3) is 2.47. The summed E-state index contributed by atoms with van der Waals surface area (Å²) in [5.41, 5.74) is 2.38. The third-order valence-corrected chi connectivity index (χ3v) is 2.96. The number of carbonyl (C=O) groups excluding carboxylic acids is 1. The van der Waals surface area contributed by atoms with Crippen LogP contribution in [0.3, 0.4) is 0 Å². The van der Waals surface area contributed by atoms with Crippen LogP contribution < -0.4 is 4.74 Å². The zero-order valence-corrected chi connectivity index (χ0v) is 11.3. The maximum absolute atomic E-state index is 12.0. The molecular weight excluding hydrogens is 242 g/mol. The fraction of sp³-hybridized carbons (Fsp3) is 0.267. The molecule has 2 aromatic rings. The Balaban J connectivity index is 2.51. The number of hydrogen-bond donors (Lipinski definition) is 0. The molecule has 0 aliphatic rings. The predicted octanol–water partition coefficient (Wildman–Crippen LogP) is 2.88. The molecular formula is C15H17NO3. The van der Waals surface area contributed by atoms with Crippen molar-refractivity contribution in [2.24, 2.45) is 7.05 Å². The van der Waals surface area contributed by atoms with Crippen molar-refractivity contribution >= 4 is 5.97 Å². The van der Waals surface area contributed by atoms with E-state index < -0.39 is 0 Å². The molecule has 1 aromatic heterocycles. The fourth-order valence-corrected chi connectivity index (χ4v) is 2.05. The molecule has 19 heavy (non-hydrogen) atoms. The molecule has 0 unspecified atom stereocenters. The average molecular weight is 259 g/mol. The zero-order chi connectivity index (χ0) is 13.8. The van der Waals surface area contributed by atoms with Crippen LogP contribution in [0.15, 0.2) is 36.4 Å². The lowest BCUT2D eigenvalue weighted by Crippen LogP contribution is -2.11. The van der Waals surface area contributed by atoms with Gasteiger partial charge in [0.05, 0.1) is 19.4 Å². The minimum atomic E-state index is -0.371. The van der Waals surface area contributed by atoms with Crippen molar-refractivity contribution in [1.82, 2.24) is 4.57 Å². The van der Waals surface area contributed by atoms with Crippen LogP contribution in [-0.4, -0.2) is 24.3 Å². The number of rotatable bonds is 4. The van der Waals surface area contributed by atoms with Crippen molar-refractivity contribution in [3.05, 3.63) is 42.1 Å². The summed E-state index contributed by atoms with van der Waals surface area (Å²) in [4.78, 5) is 12.0. The van der Waals surface area contributed by atoms with Gasteiger partial charge in [0.15, 0.2) is 11.4 Å². The van der Waals surface area contributed by atoms with Crippen molar-refractivity contribution in [2.75, 3.05) is 13.7 Å². The van der Waals surface area contributed by atoms with Crippen molar-refractivity contribution in [3.8, 4) is 17.0 Å². The van der Waals surface area contributed by atoms with Gasteiger partial charge in [-0.2, -0.15) is 0 Å². The third-order valence-electron chi connectivity index (χ3n) is 2.96. The van der Waals surface area contributed by atoms with E-state index in [-0.39, 0.29) is 5.97 Å². The number of benzene rings is 1. The van der Waals surface area contributed by atoms with E-state index in [2.05, 4.69) is 0 Å². The van der Waals surface area contributed by atoms with Crippen LogP contribution in [0.4, 0.5) is 0 Å². The van der Waals surface area contributed by atoms with Gasteiger partial charge < -0.3 is 14.0 Å². The second kappa shape index (κ2) is 5.61. The van der Waals surface area contributed by atoms with Crippen LogP contribution in [0.2, 0.25) is 0 Å². The monoisotopic (exact) mass is 259 g/mol. The van der Waals surface area contributed by atoms with Gasteiger partial charge in [-0.1, -0.05) is 30.3 Å². The Labute approximate surface area is 112 Å². The number of nitrogens with zero attached hydrogens (tertiary/aromatic N) is 1. The van der Waals surface area contributed by atoms with Gasteiger partial charge in [-0.3, -0.25) is 0 Å². The van der Waals surface area contributed by atoms with E-state index in [1.54, 1.807) is 18.6 Å². The Morgan fingerprint density at radius 3 is 2.53 bits per heavy atom. The molecule has 0 saturated carbocycles. The van der Waals surface area contributed by atoms with Gasteiger partial charge in [-0.05, 0) is 12.5 Å². The van der Waals surface area contributed by atoms with Crippen molar-refractivity contribution < 1.29 is 14.3 Å². The molecule has 4 nitrogen and oxygen atoms in total. The summed E-state index contributed by atoms with van der Waals surface area (Å²) in [5, 5.41) is 0. The number of ether oxygens (including phenoxy) is 2. The van der Waals surface area contributed by atoms with Crippen LogP contribution in [0.25, 0.3) is 11.3 Å². The quantitative estimate of drug-likeness (QED) is 0.793. The second-order valence-electron chi connectivity index (χ2n) is 4.09. The number of esters is 1. The van der Waals surface area contributed by atoms with Gasteiger partial charge in [-0.15, -0.1) is 0 Å². The Hall–Kier alpha value is -2.23. The molecule has 0 fully saturated rings. The molecule has 0 aliphatic heterocycles. The molecule has 1 aromatic carbocycles. The lowest BCUT2D eigenvalue weighted by molar-refractivity contribution is 0.0511. The highest BCUT2D eigenvalue weighted by molar-refractivity contribution is 5.92. The lowest BCUT2D eigenvalue weighted by atomic mass is 10.1. The molecule has 0 radical (unpaired) electrons. The Morgan fingerprint density at radius 1 is 1.26 bits per heavy atom. The van der Waals surface area contributed by atoms with Crippen LogP contribution in [-0.2, 0) is 11.8 Å². The number of carbonyl (C=O) groups is 1. The maximum Gasteiger partial charge on any atom is 0.358 e. The topological polar surface area (TPSA) is 40.5 Å². The highest BCUT2D eigenvalue weighted by Gasteiger charge is 2.21. The summed E-state index contributed by atoms with van der Waals surface area (Å²) < 4.78 is 12.1. The van der Waals surface area contributed by atoms with E-state index in [9.17, 15) is 4.79 Å². The Morgan fingerprint density at radius 2 is 1.95 bits per heavy atom. The van der Waals surface area contributed by atoms with Crippen molar-refractivity contribution in [2.45, 2.75) is 6.92 Å². The SMILES string of the molecule is CCOC(=O)c1c(OC)cc(-c2ccccc2)n1C. The molecule has 0 saturated heterocycles. The fourth-order valence-electron chi connectivity index (χ4n) is 2.05. The summed E-state index contributed by atoms with van der Waals surface area (Å²) in [6.45, 7) is 2.12. The van der Waals surface area contributed by atoms with E-state index >= 15 is 0 Å². The van der Waals surface area contributed by atoms with Crippen molar-refractivity contribution in [3.63, 3.8) is 0 Å².